The van der Waals surface area contributed by atoms with Crippen molar-refractivity contribution in [1.29, 1.82) is 0 Å². The minimum atomic E-state index is 0. The molecule has 0 amide bonds. The number of rotatable bonds is 5. The van der Waals surface area contributed by atoms with Crippen molar-refractivity contribution in [2.45, 2.75) is 26.1 Å². The van der Waals surface area contributed by atoms with Crippen molar-refractivity contribution in [3.63, 3.8) is 0 Å². The largest absolute Gasteiger partial charge is 0.492 e. The van der Waals surface area contributed by atoms with Gasteiger partial charge in [0.2, 0.25) is 0 Å². The average Bonchev–Trinajstić information content (AvgIpc) is 3.25. The number of halogens is 1. The van der Waals surface area contributed by atoms with E-state index in [0.717, 1.165) is 29.7 Å². The van der Waals surface area contributed by atoms with Crippen molar-refractivity contribution < 1.29 is 19.1 Å². The molecule has 2 unspecified atom stereocenters. The van der Waals surface area contributed by atoms with Crippen LogP contribution in [0.2, 0.25) is 0 Å². The molecule has 33 heavy (non-hydrogen) atoms. The van der Waals surface area contributed by atoms with Crippen LogP contribution < -0.4 is 10.1 Å². The highest BCUT2D eigenvalue weighted by molar-refractivity contribution is 7.17. The quantitative estimate of drug-likeness (QED) is 0.318. The Bertz CT molecular complexity index is 1310. The van der Waals surface area contributed by atoms with Crippen LogP contribution in [-0.2, 0) is 4.74 Å². The summed E-state index contributed by atoms with van der Waals surface area (Å²) in [5, 5.41) is 17.3. The zero-order chi connectivity index (χ0) is 22.1. The number of hydrogen-bond acceptors (Lipinski definition) is 8. The van der Waals surface area contributed by atoms with Crippen LogP contribution in [0.1, 0.15) is 13.8 Å². The van der Waals surface area contributed by atoms with Gasteiger partial charge in [-0.25, -0.2) is 0 Å². The van der Waals surface area contributed by atoms with E-state index < -0.39 is 0 Å². The molecule has 3 aromatic heterocycles. The number of ether oxygens (including phenoxy) is 2. The summed E-state index contributed by atoms with van der Waals surface area (Å²) in [6, 6.07) is 11.3. The molecule has 0 aliphatic carbocycles. The van der Waals surface area contributed by atoms with Gasteiger partial charge in [0.15, 0.2) is 5.76 Å². The van der Waals surface area contributed by atoms with Crippen LogP contribution in [0.5, 0.6) is 5.75 Å². The van der Waals surface area contributed by atoms with Gasteiger partial charge in [-0.15, -0.1) is 23.7 Å². The van der Waals surface area contributed by atoms with Crippen molar-refractivity contribution in [2.24, 2.45) is 5.16 Å². The summed E-state index contributed by atoms with van der Waals surface area (Å²) in [5.74, 6) is 1.25. The van der Waals surface area contributed by atoms with E-state index in [1.165, 1.54) is 0 Å². The topological polar surface area (TPSA) is 80.3 Å². The molecular weight excluding hydrogens is 462 g/mol. The van der Waals surface area contributed by atoms with Crippen LogP contribution in [0.25, 0.3) is 32.5 Å². The van der Waals surface area contributed by atoms with E-state index in [2.05, 4.69) is 28.9 Å². The van der Waals surface area contributed by atoms with Crippen molar-refractivity contribution in [3.05, 3.63) is 53.3 Å². The fourth-order valence-corrected chi connectivity index (χ4v) is 4.99. The second-order valence-corrected chi connectivity index (χ2v) is 9.09. The summed E-state index contributed by atoms with van der Waals surface area (Å²) >= 11 is 1.65. The molecule has 2 atom stereocenters. The normalized spacial score (nSPS) is 19.6. The Kier molecular flexibility index (Phi) is 7.19. The Morgan fingerprint density at radius 3 is 2.79 bits per heavy atom. The van der Waals surface area contributed by atoms with E-state index >= 15 is 0 Å². The summed E-state index contributed by atoms with van der Waals surface area (Å²) < 4.78 is 19.0. The first-order chi connectivity index (χ1) is 15.6. The van der Waals surface area contributed by atoms with E-state index in [1.807, 2.05) is 41.9 Å². The van der Waals surface area contributed by atoms with Crippen molar-refractivity contribution in [2.75, 3.05) is 26.2 Å². The Labute approximate surface area is 201 Å². The maximum Gasteiger partial charge on any atom is 0.155 e. The third-order valence-corrected chi connectivity index (χ3v) is 6.46. The lowest BCUT2D eigenvalue weighted by Gasteiger charge is -2.35. The standard InChI is InChI=1S/C24H25N3O4S.ClH/c1-15-13-27(14-16(2)30-15)6-7-29-18-3-4-22-19(9-18)20(26-28)10-23(31-22)21-11-24-17(12-25-21)5-8-32-24;/h3-5,8-12,15-16,28H,6-7,13-14H2,1-2H3;1H. The highest BCUT2D eigenvalue weighted by atomic mass is 35.5. The SMILES string of the molecule is CC1CN(CCOc2ccc3oc(-c4cc5sccc5cn4)cc(=NO)c3c2)CC(C)O1.Cl. The number of hydrogen-bond donors (Lipinski definition) is 1. The molecule has 1 saturated heterocycles. The first-order valence-corrected chi connectivity index (χ1v) is 11.6. The minimum Gasteiger partial charge on any atom is -0.492 e. The van der Waals surface area contributed by atoms with Gasteiger partial charge in [-0.3, -0.25) is 9.88 Å². The van der Waals surface area contributed by atoms with E-state index in [0.29, 0.717) is 40.1 Å². The van der Waals surface area contributed by atoms with Gasteiger partial charge >= 0.3 is 0 Å². The summed E-state index contributed by atoms with van der Waals surface area (Å²) in [5.41, 5.74) is 1.30. The van der Waals surface area contributed by atoms with Gasteiger partial charge in [0.25, 0.3) is 0 Å². The summed E-state index contributed by atoms with van der Waals surface area (Å²) in [6.07, 6.45) is 2.29. The van der Waals surface area contributed by atoms with Crippen molar-refractivity contribution in [1.82, 2.24) is 9.88 Å². The predicted molar refractivity (Wildman–Crippen MR) is 131 cm³/mol. The van der Waals surface area contributed by atoms with Crippen LogP contribution in [0.4, 0.5) is 0 Å². The fraction of sp³-hybridized carbons (Fsp3) is 0.333. The Balaban J connectivity index is 0.00000259. The zero-order valence-electron chi connectivity index (χ0n) is 18.4. The lowest BCUT2D eigenvalue weighted by Crippen LogP contribution is -2.46. The number of pyridine rings is 1. The highest BCUT2D eigenvalue weighted by Gasteiger charge is 2.21. The molecule has 4 heterocycles. The Hall–Kier alpha value is -2.65. The smallest absolute Gasteiger partial charge is 0.155 e. The molecule has 0 saturated carbocycles. The van der Waals surface area contributed by atoms with E-state index in [9.17, 15) is 5.21 Å². The molecule has 1 N–H and O–H groups in total. The van der Waals surface area contributed by atoms with Gasteiger partial charge in [0.1, 0.15) is 29.0 Å². The number of thiophene rings is 1. The summed E-state index contributed by atoms with van der Waals surface area (Å²) in [7, 11) is 0. The van der Waals surface area contributed by atoms with E-state index in [-0.39, 0.29) is 24.6 Å². The van der Waals surface area contributed by atoms with Crippen molar-refractivity contribution in [3.8, 4) is 17.2 Å². The number of nitrogens with zero attached hydrogens (tertiary/aromatic N) is 3. The maximum absolute atomic E-state index is 9.64. The van der Waals surface area contributed by atoms with Crippen LogP contribution >= 0.6 is 23.7 Å². The molecule has 0 radical (unpaired) electrons. The molecule has 5 rings (SSSR count). The van der Waals surface area contributed by atoms with Gasteiger partial charge in [0, 0.05) is 42.0 Å². The average molecular weight is 488 g/mol. The summed E-state index contributed by atoms with van der Waals surface area (Å²) in [6.45, 7) is 7.40. The molecule has 1 fully saturated rings. The molecular formula is C24H26ClN3O4S. The van der Waals surface area contributed by atoms with Gasteiger partial charge < -0.3 is 19.1 Å². The molecule has 7 nitrogen and oxygen atoms in total. The lowest BCUT2D eigenvalue weighted by atomic mass is 10.1. The van der Waals surface area contributed by atoms with Crippen LogP contribution in [-0.4, -0.2) is 53.5 Å². The van der Waals surface area contributed by atoms with Crippen LogP contribution in [0, 0.1) is 0 Å². The summed E-state index contributed by atoms with van der Waals surface area (Å²) in [4.78, 5) is 6.85. The zero-order valence-corrected chi connectivity index (χ0v) is 20.1. The minimum absolute atomic E-state index is 0. The monoisotopic (exact) mass is 487 g/mol. The molecule has 1 aromatic carbocycles. The number of benzene rings is 1. The number of aromatic nitrogens is 1. The molecule has 1 aliphatic rings. The first-order valence-electron chi connectivity index (χ1n) is 10.7. The van der Waals surface area contributed by atoms with E-state index in [4.69, 9.17) is 13.9 Å². The van der Waals surface area contributed by atoms with Gasteiger partial charge in [-0.05, 0) is 49.6 Å². The van der Waals surface area contributed by atoms with Gasteiger partial charge in [0.05, 0.1) is 17.6 Å². The third-order valence-electron chi connectivity index (χ3n) is 5.58. The first kappa shape index (κ1) is 23.5. The van der Waals surface area contributed by atoms with Crippen LogP contribution in [0.15, 0.2) is 57.5 Å². The molecule has 4 aromatic rings. The number of fused-ring (bicyclic) bond motifs is 2. The van der Waals surface area contributed by atoms with Gasteiger partial charge in [-0.2, -0.15) is 0 Å². The second kappa shape index (κ2) is 10.1. The Morgan fingerprint density at radius 1 is 1.18 bits per heavy atom. The van der Waals surface area contributed by atoms with E-state index in [1.54, 1.807) is 17.4 Å². The molecule has 1 aliphatic heterocycles. The third kappa shape index (κ3) is 5.14. The molecule has 0 bridgehead atoms. The molecule has 9 heteroatoms. The predicted octanol–water partition coefficient (Wildman–Crippen LogP) is 4.91. The van der Waals surface area contributed by atoms with Crippen LogP contribution in [0.3, 0.4) is 0 Å². The second-order valence-electron chi connectivity index (χ2n) is 8.15. The Morgan fingerprint density at radius 2 is 2.00 bits per heavy atom. The van der Waals surface area contributed by atoms with Crippen molar-refractivity contribution >= 4 is 44.8 Å². The lowest BCUT2D eigenvalue weighted by molar-refractivity contribution is -0.0699. The highest BCUT2D eigenvalue weighted by Crippen LogP contribution is 2.27. The fourth-order valence-electron chi connectivity index (χ4n) is 4.20. The number of morpholine rings is 1. The molecule has 174 valence electrons. The van der Waals surface area contributed by atoms with Gasteiger partial charge in [-0.1, -0.05) is 5.16 Å². The maximum atomic E-state index is 9.64. The molecule has 0 spiro atoms.